The first-order valence-corrected chi connectivity index (χ1v) is 16.5. The first-order valence-electron chi connectivity index (χ1n) is 16.5. The summed E-state index contributed by atoms with van der Waals surface area (Å²) < 4.78 is 2.22. The lowest BCUT2D eigenvalue weighted by Crippen LogP contribution is -2.07. The van der Waals surface area contributed by atoms with Gasteiger partial charge in [0.15, 0.2) is 11.6 Å². The standard InChI is InChI=1S/C45H30N4/c1-5-16-31(17-6-1)35-24-15-25-36(28-35)37-29-39(32-18-7-2-8-19-32)42-40(30-37)38-26-13-14-27-41(38)49(42)45-47-43(33-20-9-3-10-21-33)46-44(48-45)34-22-11-4-12-23-34/h1-30H. The molecule has 0 saturated carbocycles. The van der Waals surface area contributed by atoms with Gasteiger partial charge < -0.3 is 0 Å². The molecule has 4 nitrogen and oxygen atoms in total. The average Bonchev–Trinajstić information content (AvgIpc) is 3.53. The second kappa shape index (κ2) is 12.2. The van der Waals surface area contributed by atoms with E-state index in [-0.39, 0.29) is 0 Å². The first-order chi connectivity index (χ1) is 24.3. The third-order valence-electron chi connectivity index (χ3n) is 9.04. The number of para-hydroxylation sites is 1. The molecule has 0 fully saturated rings. The van der Waals surface area contributed by atoms with Crippen LogP contribution in [0.3, 0.4) is 0 Å². The fourth-order valence-corrected chi connectivity index (χ4v) is 6.72. The number of nitrogens with zero attached hydrogens (tertiary/aromatic N) is 4. The summed E-state index contributed by atoms with van der Waals surface area (Å²) in [4.78, 5) is 15.3. The van der Waals surface area contributed by atoms with Crippen LogP contribution in [0.25, 0.3) is 83.9 Å². The molecule has 0 amide bonds. The van der Waals surface area contributed by atoms with Gasteiger partial charge >= 0.3 is 0 Å². The SMILES string of the molecule is c1ccc(-c2cccc(-c3cc(-c4ccccc4)c4c(c3)c3ccccc3n4-c3nc(-c4ccccc4)nc(-c4ccccc4)n3)c2)cc1. The largest absolute Gasteiger partial charge is 0.277 e. The fraction of sp³-hybridized carbons (Fsp3) is 0. The molecule has 230 valence electrons. The Balaban J connectivity index is 1.35. The Morgan fingerprint density at radius 2 is 0.816 bits per heavy atom. The van der Waals surface area contributed by atoms with E-state index in [1.807, 2.05) is 60.7 Å². The lowest BCUT2D eigenvalue weighted by atomic mass is 9.94. The van der Waals surface area contributed by atoms with E-state index < -0.39 is 0 Å². The Labute approximate surface area is 284 Å². The van der Waals surface area contributed by atoms with Gasteiger partial charge in [-0.25, -0.2) is 4.98 Å². The Bertz CT molecular complexity index is 2520. The predicted octanol–water partition coefficient (Wildman–Crippen LogP) is 11.3. The fourth-order valence-electron chi connectivity index (χ4n) is 6.72. The molecule has 7 aromatic carbocycles. The van der Waals surface area contributed by atoms with E-state index >= 15 is 0 Å². The zero-order valence-electron chi connectivity index (χ0n) is 26.6. The number of fused-ring (bicyclic) bond motifs is 3. The summed E-state index contributed by atoms with van der Waals surface area (Å²) in [6.07, 6.45) is 0. The minimum absolute atomic E-state index is 0.579. The second-order valence-corrected chi connectivity index (χ2v) is 12.1. The number of hydrogen-bond donors (Lipinski definition) is 0. The number of rotatable bonds is 6. The van der Waals surface area contributed by atoms with Gasteiger partial charge in [-0.15, -0.1) is 0 Å². The van der Waals surface area contributed by atoms with Crippen LogP contribution < -0.4 is 0 Å². The molecule has 0 aliphatic heterocycles. The van der Waals surface area contributed by atoms with Crippen LogP contribution >= 0.6 is 0 Å². The van der Waals surface area contributed by atoms with Crippen molar-refractivity contribution in [1.82, 2.24) is 19.5 Å². The second-order valence-electron chi connectivity index (χ2n) is 12.1. The molecule has 9 rings (SSSR count). The molecule has 0 aliphatic carbocycles. The van der Waals surface area contributed by atoms with E-state index in [9.17, 15) is 0 Å². The zero-order chi connectivity index (χ0) is 32.6. The van der Waals surface area contributed by atoms with E-state index in [0.29, 0.717) is 17.6 Å². The Morgan fingerprint density at radius 1 is 0.327 bits per heavy atom. The molecule has 0 atom stereocenters. The van der Waals surface area contributed by atoms with Gasteiger partial charge in [0.05, 0.1) is 11.0 Å². The van der Waals surface area contributed by atoms with Crippen molar-refractivity contribution in [1.29, 1.82) is 0 Å². The van der Waals surface area contributed by atoms with Gasteiger partial charge in [0.25, 0.3) is 0 Å². The Kier molecular flexibility index (Phi) is 7.10. The molecule has 4 heteroatoms. The minimum Gasteiger partial charge on any atom is -0.277 e. The highest BCUT2D eigenvalue weighted by Gasteiger charge is 2.21. The maximum absolute atomic E-state index is 5.17. The Morgan fingerprint density at radius 3 is 1.43 bits per heavy atom. The van der Waals surface area contributed by atoms with Crippen molar-refractivity contribution < 1.29 is 0 Å². The molecule has 0 N–H and O–H groups in total. The van der Waals surface area contributed by atoms with E-state index in [1.54, 1.807) is 0 Å². The van der Waals surface area contributed by atoms with Crippen LogP contribution in [-0.2, 0) is 0 Å². The maximum atomic E-state index is 5.17. The van der Waals surface area contributed by atoms with Gasteiger partial charge in [-0.1, -0.05) is 158 Å². The molecule has 0 aliphatic rings. The Hall–Kier alpha value is -6.65. The molecule has 2 aromatic heterocycles. The van der Waals surface area contributed by atoms with Gasteiger partial charge in [-0.05, 0) is 52.1 Å². The molecule has 2 heterocycles. The molecule has 0 saturated heterocycles. The third-order valence-corrected chi connectivity index (χ3v) is 9.04. The van der Waals surface area contributed by atoms with Crippen LogP contribution in [0.4, 0.5) is 0 Å². The normalized spacial score (nSPS) is 11.3. The number of benzene rings is 7. The van der Waals surface area contributed by atoms with Crippen molar-refractivity contribution in [3.63, 3.8) is 0 Å². The molecule has 9 aromatic rings. The van der Waals surface area contributed by atoms with Gasteiger partial charge in [0.1, 0.15) is 0 Å². The van der Waals surface area contributed by atoms with E-state index in [1.165, 1.54) is 11.1 Å². The van der Waals surface area contributed by atoms with Crippen LogP contribution in [0.15, 0.2) is 182 Å². The number of aromatic nitrogens is 4. The van der Waals surface area contributed by atoms with Crippen LogP contribution in [0.1, 0.15) is 0 Å². The van der Waals surface area contributed by atoms with Crippen molar-refractivity contribution in [3.8, 4) is 62.1 Å². The third kappa shape index (κ3) is 5.26. The molecular weight excluding hydrogens is 597 g/mol. The maximum Gasteiger partial charge on any atom is 0.238 e. The lowest BCUT2D eigenvalue weighted by Gasteiger charge is -2.14. The van der Waals surface area contributed by atoms with Crippen molar-refractivity contribution in [2.24, 2.45) is 0 Å². The topological polar surface area (TPSA) is 43.6 Å². The molecule has 49 heavy (non-hydrogen) atoms. The van der Waals surface area contributed by atoms with Gasteiger partial charge in [0.2, 0.25) is 5.95 Å². The number of hydrogen-bond acceptors (Lipinski definition) is 3. The van der Waals surface area contributed by atoms with Crippen molar-refractivity contribution in [2.75, 3.05) is 0 Å². The highest BCUT2D eigenvalue weighted by atomic mass is 15.2. The molecule has 0 bridgehead atoms. The monoisotopic (exact) mass is 626 g/mol. The first kappa shape index (κ1) is 28.6. The molecule has 0 spiro atoms. The summed E-state index contributed by atoms with van der Waals surface area (Å²) >= 11 is 0. The van der Waals surface area contributed by atoms with E-state index in [4.69, 9.17) is 15.0 Å². The van der Waals surface area contributed by atoms with Gasteiger partial charge in [-0.3, -0.25) is 4.57 Å². The van der Waals surface area contributed by atoms with Crippen LogP contribution in [-0.4, -0.2) is 19.5 Å². The summed E-state index contributed by atoms with van der Waals surface area (Å²) in [6, 6.07) is 63.4. The van der Waals surface area contributed by atoms with Gasteiger partial charge in [-0.2, -0.15) is 9.97 Å². The van der Waals surface area contributed by atoms with E-state index in [2.05, 4.69) is 126 Å². The van der Waals surface area contributed by atoms with Crippen molar-refractivity contribution >= 4 is 21.8 Å². The van der Waals surface area contributed by atoms with Gasteiger partial charge in [0, 0.05) is 27.5 Å². The average molecular weight is 627 g/mol. The molecule has 0 unspecified atom stereocenters. The van der Waals surface area contributed by atoms with Crippen LogP contribution in [0.2, 0.25) is 0 Å². The quantitative estimate of drug-likeness (QED) is 0.184. The van der Waals surface area contributed by atoms with E-state index in [0.717, 1.165) is 55.2 Å². The van der Waals surface area contributed by atoms with Crippen LogP contribution in [0.5, 0.6) is 0 Å². The van der Waals surface area contributed by atoms with Crippen molar-refractivity contribution in [3.05, 3.63) is 182 Å². The summed E-state index contributed by atoms with van der Waals surface area (Å²) in [5.41, 5.74) is 10.9. The minimum atomic E-state index is 0.579. The molecule has 0 radical (unpaired) electrons. The lowest BCUT2D eigenvalue weighted by molar-refractivity contribution is 0.954. The predicted molar refractivity (Wildman–Crippen MR) is 201 cm³/mol. The highest BCUT2D eigenvalue weighted by Crippen LogP contribution is 2.41. The van der Waals surface area contributed by atoms with Crippen LogP contribution in [0, 0.1) is 0 Å². The van der Waals surface area contributed by atoms with Crippen molar-refractivity contribution in [2.45, 2.75) is 0 Å². The summed E-state index contributed by atoms with van der Waals surface area (Å²) in [7, 11) is 0. The smallest absolute Gasteiger partial charge is 0.238 e. The summed E-state index contributed by atoms with van der Waals surface area (Å²) in [5.74, 6) is 1.84. The summed E-state index contributed by atoms with van der Waals surface area (Å²) in [5, 5.41) is 2.28. The zero-order valence-corrected chi connectivity index (χ0v) is 26.6. The summed E-state index contributed by atoms with van der Waals surface area (Å²) in [6.45, 7) is 0. The molecular formula is C45H30N4. The highest BCUT2D eigenvalue weighted by molar-refractivity contribution is 6.15.